The Balaban J connectivity index is 1.57. The number of pyridine rings is 2. The molecule has 0 bridgehead atoms. The fourth-order valence-corrected chi connectivity index (χ4v) is 4.79. The molecule has 2 aromatic heterocycles. The summed E-state index contributed by atoms with van der Waals surface area (Å²) < 4.78 is 45.7. The van der Waals surface area contributed by atoms with Crippen LogP contribution in [0, 0.1) is 11.8 Å². The summed E-state index contributed by atoms with van der Waals surface area (Å²) >= 11 is 0. The molecule has 0 saturated heterocycles. The van der Waals surface area contributed by atoms with Crippen LogP contribution in [0.25, 0.3) is 10.9 Å². The number of aromatic carboxylic acids is 1. The van der Waals surface area contributed by atoms with Gasteiger partial charge in [0.2, 0.25) is 0 Å². The number of carboxylic acid groups (broad SMARTS) is 1. The molecular weight excluding hydrogens is 522 g/mol. The van der Waals surface area contributed by atoms with Gasteiger partial charge in [-0.25, -0.2) is 18.2 Å². The second-order valence-corrected chi connectivity index (χ2v) is 9.70. The molecule has 2 heterocycles. The number of hydrogen-bond donors (Lipinski definition) is 2. The predicted molar refractivity (Wildman–Crippen MR) is 144 cm³/mol. The van der Waals surface area contributed by atoms with Crippen LogP contribution in [0.3, 0.4) is 0 Å². The Morgan fingerprint density at radius 2 is 1.77 bits per heavy atom. The molecule has 200 valence electrons. The summed E-state index contributed by atoms with van der Waals surface area (Å²) in [6.45, 7) is 1.56. The van der Waals surface area contributed by atoms with Crippen molar-refractivity contribution in [2.45, 2.75) is 4.90 Å². The highest BCUT2D eigenvalue weighted by molar-refractivity contribution is 7.93. The third-order valence-electron chi connectivity index (χ3n) is 5.40. The van der Waals surface area contributed by atoms with Crippen LogP contribution < -0.4 is 9.46 Å². The quantitative estimate of drug-likeness (QED) is 0.213. The van der Waals surface area contributed by atoms with E-state index in [0.717, 1.165) is 0 Å². The van der Waals surface area contributed by atoms with E-state index in [1.807, 2.05) is 0 Å². The molecular formula is C28H25N3O7S. The van der Waals surface area contributed by atoms with Gasteiger partial charge in [0.25, 0.3) is 10.0 Å². The molecule has 0 amide bonds. The molecule has 10 nitrogen and oxygen atoms in total. The van der Waals surface area contributed by atoms with Crippen LogP contribution in [0.2, 0.25) is 0 Å². The standard InChI is InChI=1S/C28H25N3O7S/c1-36-15-16-37-17-18-38-25-13-14-29-27-22(25)6-4-8-26(27)39(34,35)31-23-7-3-2-5-21(23)11-9-20-10-12-24(28(32)33)30-19-20/h2-8,10,12-14,19,31H,15-18H2,1H3,(H,32,33). The van der Waals surface area contributed by atoms with Crippen LogP contribution in [-0.2, 0) is 19.5 Å². The molecule has 2 aromatic carbocycles. The number of hydrogen-bond acceptors (Lipinski definition) is 8. The molecule has 0 atom stereocenters. The molecule has 0 fully saturated rings. The lowest BCUT2D eigenvalue weighted by atomic mass is 10.1. The number of nitrogens with zero attached hydrogens (tertiary/aromatic N) is 2. The van der Waals surface area contributed by atoms with Crippen molar-refractivity contribution in [1.82, 2.24) is 9.97 Å². The van der Waals surface area contributed by atoms with Gasteiger partial charge in [0.15, 0.2) is 0 Å². The largest absolute Gasteiger partial charge is 0.490 e. The number of methoxy groups -OCH3 is 1. The van der Waals surface area contributed by atoms with E-state index in [4.69, 9.17) is 19.3 Å². The van der Waals surface area contributed by atoms with E-state index in [9.17, 15) is 13.2 Å². The molecule has 0 spiro atoms. The molecule has 0 aliphatic rings. The van der Waals surface area contributed by atoms with Gasteiger partial charge in [-0.2, -0.15) is 0 Å². The van der Waals surface area contributed by atoms with Gasteiger partial charge in [0, 0.05) is 36.0 Å². The minimum Gasteiger partial charge on any atom is -0.490 e. The lowest BCUT2D eigenvalue weighted by molar-refractivity contribution is 0.0546. The van der Waals surface area contributed by atoms with Gasteiger partial charge in [-0.15, -0.1) is 0 Å². The van der Waals surface area contributed by atoms with Crippen molar-refractivity contribution in [1.29, 1.82) is 0 Å². The van der Waals surface area contributed by atoms with Crippen LogP contribution in [0.1, 0.15) is 21.6 Å². The van der Waals surface area contributed by atoms with E-state index in [0.29, 0.717) is 42.1 Å². The first-order chi connectivity index (χ1) is 18.9. The molecule has 2 N–H and O–H groups in total. The number of ether oxygens (including phenoxy) is 3. The highest BCUT2D eigenvalue weighted by Crippen LogP contribution is 2.30. The molecule has 0 radical (unpaired) electrons. The highest BCUT2D eigenvalue weighted by Gasteiger charge is 2.21. The van der Waals surface area contributed by atoms with E-state index in [1.54, 1.807) is 49.6 Å². The Bertz CT molecular complexity index is 1630. The Labute approximate surface area is 225 Å². The molecule has 11 heteroatoms. The molecule has 0 saturated carbocycles. The van der Waals surface area contributed by atoms with Gasteiger partial charge in [-0.05, 0) is 42.5 Å². The van der Waals surface area contributed by atoms with E-state index >= 15 is 0 Å². The first-order valence-electron chi connectivity index (χ1n) is 11.8. The molecule has 0 aliphatic carbocycles. The second-order valence-electron chi connectivity index (χ2n) is 8.05. The van der Waals surface area contributed by atoms with Gasteiger partial charge in [-0.3, -0.25) is 9.71 Å². The van der Waals surface area contributed by atoms with Gasteiger partial charge in [0.1, 0.15) is 22.9 Å². The third kappa shape index (κ3) is 7.08. The zero-order valence-corrected chi connectivity index (χ0v) is 21.8. The van der Waals surface area contributed by atoms with Crippen molar-refractivity contribution in [3.05, 3.63) is 89.9 Å². The third-order valence-corrected chi connectivity index (χ3v) is 6.79. The normalized spacial score (nSPS) is 11.0. The average molecular weight is 548 g/mol. The number of nitrogens with one attached hydrogen (secondary N) is 1. The summed E-state index contributed by atoms with van der Waals surface area (Å²) in [6.07, 6.45) is 2.84. The average Bonchev–Trinajstić information content (AvgIpc) is 2.94. The SMILES string of the molecule is COCCOCCOc1ccnc2c(S(=O)(=O)Nc3ccccc3C#Cc3ccc(C(=O)O)nc3)cccc12. The maximum Gasteiger partial charge on any atom is 0.354 e. The van der Waals surface area contributed by atoms with Crippen molar-refractivity contribution in [2.24, 2.45) is 0 Å². The monoisotopic (exact) mass is 547 g/mol. The highest BCUT2D eigenvalue weighted by atomic mass is 32.2. The maximum absolute atomic E-state index is 13.5. The number of carbonyl (C=O) groups is 1. The predicted octanol–water partition coefficient (Wildman–Crippen LogP) is 3.57. The van der Waals surface area contributed by atoms with Crippen molar-refractivity contribution in [3.63, 3.8) is 0 Å². The van der Waals surface area contributed by atoms with Crippen molar-refractivity contribution in [3.8, 4) is 17.6 Å². The molecule has 0 unspecified atom stereocenters. The van der Waals surface area contributed by atoms with Crippen LogP contribution in [-0.4, -0.2) is 63.0 Å². The summed E-state index contributed by atoms with van der Waals surface area (Å²) in [6, 6.07) is 16.1. The topological polar surface area (TPSA) is 137 Å². The van der Waals surface area contributed by atoms with Crippen LogP contribution in [0.15, 0.2) is 78.0 Å². The van der Waals surface area contributed by atoms with Crippen LogP contribution in [0.5, 0.6) is 5.75 Å². The number of benzene rings is 2. The van der Waals surface area contributed by atoms with Crippen molar-refractivity contribution < 1.29 is 32.5 Å². The minimum absolute atomic E-state index is 0.0157. The van der Waals surface area contributed by atoms with E-state index in [-0.39, 0.29) is 28.4 Å². The summed E-state index contributed by atoms with van der Waals surface area (Å²) in [7, 11) is -2.47. The van der Waals surface area contributed by atoms with Crippen LogP contribution >= 0.6 is 0 Å². The van der Waals surface area contributed by atoms with Gasteiger partial charge < -0.3 is 19.3 Å². The summed E-state index contributed by atoms with van der Waals surface area (Å²) in [5.74, 6) is 5.15. The van der Waals surface area contributed by atoms with E-state index < -0.39 is 16.0 Å². The van der Waals surface area contributed by atoms with Gasteiger partial charge >= 0.3 is 5.97 Å². The second kappa shape index (κ2) is 12.8. The molecule has 39 heavy (non-hydrogen) atoms. The lowest BCUT2D eigenvalue weighted by Crippen LogP contribution is -2.15. The number of carboxylic acids is 1. The molecule has 4 aromatic rings. The lowest BCUT2D eigenvalue weighted by Gasteiger charge is -2.13. The van der Waals surface area contributed by atoms with Crippen molar-refractivity contribution in [2.75, 3.05) is 38.3 Å². The van der Waals surface area contributed by atoms with Gasteiger partial charge in [-0.1, -0.05) is 30.0 Å². The zero-order chi connectivity index (χ0) is 27.7. The minimum atomic E-state index is -4.06. The fourth-order valence-electron chi connectivity index (χ4n) is 3.54. The summed E-state index contributed by atoms with van der Waals surface area (Å²) in [5, 5.41) is 9.54. The smallest absolute Gasteiger partial charge is 0.354 e. The first-order valence-corrected chi connectivity index (χ1v) is 13.3. The van der Waals surface area contributed by atoms with Crippen molar-refractivity contribution >= 4 is 32.6 Å². The number of aromatic nitrogens is 2. The van der Waals surface area contributed by atoms with E-state index in [2.05, 4.69) is 26.5 Å². The summed E-state index contributed by atoms with van der Waals surface area (Å²) in [4.78, 5) is 19.1. The number of para-hydroxylation sites is 2. The Hall–Kier alpha value is -4.50. The van der Waals surface area contributed by atoms with Gasteiger partial charge in [0.05, 0.1) is 31.0 Å². The maximum atomic E-state index is 13.5. The Morgan fingerprint density at radius 3 is 2.54 bits per heavy atom. The zero-order valence-electron chi connectivity index (χ0n) is 21.0. The number of sulfonamides is 1. The van der Waals surface area contributed by atoms with E-state index in [1.165, 1.54) is 30.6 Å². The number of fused-ring (bicyclic) bond motifs is 1. The number of rotatable bonds is 11. The summed E-state index contributed by atoms with van der Waals surface area (Å²) in [5.41, 5.74) is 1.34. The molecule has 4 rings (SSSR count). The number of anilines is 1. The first kappa shape index (κ1) is 27.5. The fraction of sp³-hybridized carbons (Fsp3) is 0.179. The molecule has 0 aliphatic heterocycles. The Morgan fingerprint density at radius 1 is 0.949 bits per heavy atom. The van der Waals surface area contributed by atoms with Crippen LogP contribution in [0.4, 0.5) is 5.69 Å². The Kier molecular flexibility index (Phi) is 9.06.